The van der Waals surface area contributed by atoms with Gasteiger partial charge in [-0.1, -0.05) is 39.3 Å². The number of benzene rings is 2. The molecule has 1 aliphatic heterocycles. The lowest BCUT2D eigenvalue weighted by molar-refractivity contribution is -0.137. The Bertz CT molecular complexity index is 837. The maximum atomic E-state index is 12.7. The van der Waals surface area contributed by atoms with Crippen LogP contribution < -0.4 is 5.32 Å². The Balaban J connectivity index is 1.66. The molecule has 0 radical (unpaired) electrons. The highest BCUT2D eigenvalue weighted by Crippen LogP contribution is 2.31. The topological polar surface area (TPSA) is 50.7 Å². The number of rotatable bonds is 3. The quantitative estimate of drug-likeness (QED) is 0.800. The largest absolute Gasteiger partial charge is 0.416 e. The molecule has 1 atom stereocenters. The van der Waals surface area contributed by atoms with Crippen LogP contribution in [0.5, 0.6) is 0 Å². The zero-order valence-electron chi connectivity index (χ0n) is 12.7. The minimum absolute atomic E-state index is 0.0549. The highest BCUT2D eigenvalue weighted by atomic mass is 79.9. The van der Waals surface area contributed by atoms with Gasteiger partial charge in [-0.2, -0.15) is 13.2 Å². The van der Waals surface area contributed by atoms with Crippen molar-refractivity contribution < 1.29 is 22.8 Å². The predicted molar refractivity (Wildman–Crippen MR) is 90.2 cm³/mol. The van der Waals surface area contributed by atoms with Crippen LogP contribution in [0.1, 0.15) is 17.5 Å². The molecule has 0 saturated carbocycles. The van der Waals surface area contributed by atoms with E-state index in [2.05, 4.69) is 26.4 Å². The van der Waals surface area contributed by atoms with E-state index in [-0.39, 0.29) is 12.1 Å². The second-order valence-corrected chi connectivity index (χ2v) is 6.33. The van der Waals surface area contributed by atoms with Gasteiger partial charge in [0, 0.05) is 22.1 Å². The van der Waals surface area contributed by atoms with E-state index in [9.17, 15) is 18.0 Å². The summed E-state index contributed by atoms with van der Waals surface area (Å²) in [6.07, 6.45) is -5.12. The Morgan fingerprint density at radius 2 is 1.96 bits per heavy atom. The second kappa shape index (κ2) is 6.87. The summed E-state index contributed by atoms with van der Waals surface area (Å²) in [5.41, 5.74) is 0.636. The van der Waals surface area contributed by atoms with Gasteiger partial charge in [-0.15, -0.1) is 0 Å². The van der Waals surface area contributed by atoms with Gasteiger partial charge in [0.15, 0.2) is 0 Å². The Morgan fingerprint density at radius 1 is 1.20 bits per heavy atom. The average molecular weight is 413 g/mol. The van der Waals surface area contributed by atoms with Crippen LogP contribution in [0.25, 0.3) is 0 Å². The first kappa shape index (κ1) is 17.5. The molecule has 0 aliphatic carbocycles. The van der Waals surface area contributed by atoms with Crippen molar-refractivity contribution in [2.45, 2.75) is 18.7 Å². The molecule has 1 N–H and O–H groups in total. The number of amides is 1. The number of alkyl halides is 3. The number of hydrogen-bond acceptors (Lipinski definition) is 3. The third kappa shape index (κ3) is 4.19. The smallest absolute Gasteiger partial charge is 0.382 e. The fourth-order valence-electron chi connectivity index (χ4n) is 2.35. The maximum absolute atomic E-state index is 12.7. The molecule has 0 bridgehead atoms. The molecule has 1 aliphatic rings. The van der Waals surface area contributed by atoms with Crippen molar-refractivity contribution in [1.29, 1.82) is 0 Å². The van der Waals surface area contributed by atoms with Gasteiger partial charge in [-0.25, -0.2) is 0 Å². The van der Waals surface area contributed by atoms with Gasteiger partial charge in [0.2, 0.25) is 6.10 Å². The first-order valence-electron chi connectivity index (χ1n) is 7.30. The van der Waals surface area contributed by atoms with E-state index in [0.29, 0.717) is 5.71 Å². The summed E-state index contributed by atoms with van der Waals surface area (Å²) < 4.78 is 39.0. The number of nitrogens with one attached hydrogen (secondary N) is 1. The number of carbonyl (C=O) groups is 1. The van der Waals surface area contributed by atoms with Gasteiger partial charge in [-0.05, 0) is 30.3 Å². The van der Waals surface area contributed by atoms with Crippen LogP contribution in [-0.4, -0.2) is 17.7 Å². The van der Waals surface area contributed by atoms with Gasteiger partial charge in [0.25, 0.3) is 5.91 Å². The van der Waals surface area contributed by atoms with Crippen molar-refractivity contribution in [1.82, 2.24) is 0 Å². The first-order chi connectivity index (χ1) is 11.8. The van der Waals surface area contributed by atoms with Crippen molar-refractivity contribution >= 4 is 33.2 Å². The maximum Gasteiger partial charge on any atom is 0.416 e. The minimum atomic E-state index is -4.47. The molecule has 0 fully saturated rings. The Hall–Kier alpha value is -2.35. The van der Waals surface area contributed by atoms with Crippen molar-refractivity contribution in [2.75, 3.05) is 5.32 Å². The Kier molecular flexibility index (Phi) is 4.80. The van der Waals surface area contributed by atoms with E-state index >= 15 is 0 Å². The van der Waals surface area contributed by atoms with Gasteiger partial charge in [0.1, 0.15) is 0 Å². The number of anilines is 1. The summed E-state index contributed by atoms with van der Waals surface area (Å²) in [5, 5.41) is 6.34. The van der Waals surface area contributed by atoms with Crippen LogP contribution in [0.4, 0.5) is 18.9 Å². The van der Waals surface area contributed by atoms with Crippen molar-refractivity contribution in [3.05, 3.63) is 64.1 Å². The monoisotopic (exact) mass is 412 g/mol. The van der Waals surface area contributed by atoms with Crippen LogP contribution in [0.15, 0.2) is 58.2 Å². The predicted octanol–water partition coefficient (Wildman–Crippen LogP) is 4.60. The van der Waals surface area contributed by atoms with Crippen LogP contribution in [-0.2, 0) is 15.8 Å². The molecule has 1 heterocycles. The van der Waals surface area contributed by atoms with E-state index in [0.717, 1.165) is 22.2 Å². The van der Waals surface area contributed by atoms with Crippen LogP contribution in [0.2, 0.25) is 0 Å². The summed E-state index contributed by atoms with van der Waals surface area (Å²) in [6, 6.07) is 11.8. The molecule has 3 rings (SSSR count). The molecule has 2 aromatic carbocycles. The molecule has 25 heavy (non-hydrogen) atoms. The summed E-state index contributed by atoms with van der Waals surface area (Å²) in [7, 11) is 0. The Morgan fingerprint density at radius 3 is 2.68 bits per heavy atom. The highest BCUT2D eigenvalue weighted by molar-refractivity contribution is 9.10. The van der Waals surface area contributed by atoms with Gasteiger partial charge < -0.3 is 10.2 Å². The highest BCUT2D eigenvalue weighted by Gasteiger charge is 2.32. The zero-order valence-corrected chi connectivity index (χ0v) is 14.3. The normalized spacial score (nSPS) is 17.0. The van der Waals surface area contributed by atoms with Crippen molar-refractivity contribution in [3.63, 3.8) is 0 Å². The van der Waals surface area contributed by atoms with E-state index in [1.54, 1.807) is 0 Å². The average Bonchev–Trinajstić information content (AvgIpc) is 3.04. The molecule has 4 nitrogen and oxygen atoms in total. The summed E-state index contributed by atoms with van der Waals surface area (Å²) in [5.74, 6) is -0.548. The van der Waals surface area contributed by atoms with Gasteiger partial charge in [0.05, 0.1) is 11.3 Å². The molecule has 1 amide bonds. The third-order valence-corrected chi connectivity index (χ3v) is 4.07. The van der Waals surface area contributed by atoms with Crippen molar-refractivity contribution in [2.24, 2.45) is 5.16 Å². The molecular formula is C17H12BrF3N2O2. The van der Waals surface area contributed by atoms with E-state index in [1.807, 2.05) is 24.3 Å². The standard InChI is InChI=1S/C17H12BrF3N2O2/c18-12-5-1-3-10(7-12)14-9-15(25-23-14)16(24)22-13-6-2-4-11(8-13)17(19,20)21/h1-8,15H,9H2,(H,22,24)/t15-/m1/s1. The van der Waals surface area contributed by atoms with E-state index in [1.165, 1.54) is 12.1 Å². The fraction of sp³-hybridized carbons (Fsp3) is 0.176. The molecule has 0 aromatic heterocycles. The van der Waals surface area contributed by atoms with Crippen LogP contribution in [0, 0.1) is 0 Å². The molecule has 0 unspecified atom stereocenters. The SMILES string of the molecule is O=C(Nc1cccc(C(F)(F)F)c1)[C@H]1CC(c2cccc(Br)c2)=NO1. The minimum Gasteiger partial charge on any atom is -0.382 e. The summed E-state index contributed by atoms with van der Waals surface area (Å²) >= 11 is 3.35. The molecule has 8 heteroatoms. The Labute approximate surface area is 149 Å². The number of nitrogens with zero attached hydrogens (tertiary/aromatic N) is 1. The van der Waals surface area contributed by atoms with Gasteiger partial charge in [-0.3, -0.25) is 4.79 Å². The number of carbonyl (C=O) groups excluding carboxylic acids is 1. The third-order valence-electron chi connectivity index (χ3n) is 3.58. The molecular weight excluding hydrogens is 401 g/mol. The molecule has 130 valence electrons. The lowest BCUT2D eigenvalue weighted by atomic mass is 10.0. The number of halogens is 4. The lowest BCUT2D eigenvalue weighted by Gasteiger charge is -2.12. The fourth-order valence-corrected chi connectivity index (χ4v) is 2.75. The molecule has 0 saturated heterocycles. The zero-order chi connectivity index (χ0) is 18.0. The van der Waals surface area contributed by atoms with Crippen LogP contribution in [0.3, 0.4) is 0 Å². The second-order valence-electron chi connectivity index (χ2n) is 5.41. The first-order valence-corrected chi connectivity index (χ1v) is 8.09. The van der Waals surface area contributed by atoms with Gasteiger partial charge >= 0.3 is 6.18 Å². The summed E-state index contributed by atoms with van der Waals surface area (Å²) in [4.78, 5) is 17.3. The van der Waals surface area contributed by atoms with Crippen molar-refractivity contribution in [3.8, 4) is 0 Å². The number of hydrogen-bond donors (Lipinski definition) is 1. The number of oxime groups is 1. The molecule has 2 aromatic rings. The van der Waals surface area contributed by atoms with Crippen LogP contribution >= 0.6 is 15.9 Å². The van der Waals surface area contributed by atoms with E-state index in [4.69, 9.17) is 4.84 Å². The molecule has 0 spiro atoms. The van der Waals surface area contributed by atoms with E-state index < -0.39 is 23.8 Å². The summed E-state index contributed by atoms with van der Waals surface area (Å²) in [6.45, 7) is 0. The lowest BCUT2D eigenvalue weighted by Crippen LogP contribution is -2.28.